The number of hydrazine groups is 1. The minimum absolute atomic E-state index is 0.00398. The number of ether oxygens (including phenoxy) is 1. The third kappa shape index (κ3) is 2.77. The summed E-state index contributed by atoms with van der Waals surface area (Å²) in [5.41, 5.74) is 9.37. The fraction of sp³-hybridized carbons (Fsp3) is 0.115. The van der Waals surface area contributed by atoms with Crippen LogP contribution in [0, 0.1) is 11.3 Å². The van der Waals surface area contributed by atoms with Crippen molar-refractivity contribution in [3.05, 3.63) is 113 Å². The predicted octanol–water partition coefficient (Wildman–Crippen LogP) is 2.84. The van der Waals surface area contributed by atoms with Crippen LogP contribution < -0.4 is 11.2 Å². The van der Waals surface area contributed by atoms with Gasteiger partial charge in [0, 0.05) is 17.3 Å². The molecule has 0 spiro atoms. The van der Waals surface area contributed by atoms with Crippen LogP contribution in [0.15, 0.2) is 95.4 Å². The first kappa shape index (κ1) is 21.9. The Kier molecular flexibility index (Phi) is 4.84. The lowest BCUT2D eigenvalue weighted by molar-refractivity contribution is -0.0975. The molecule has 6 rings (SSSR count). The summed E-state index contributed by atoms with van der Waals surface area (Å²) in [6.07, 6.45) is 1.51. The van der Waals surface area contributed by atoms with Crippen molar-refractivity contribution < 1.29 is 14.3 Å². The number of hydrogen-bond donors (Lipinski definition) is 2. The average Bonchev–Trinajstić information content (AvgIpc) is 3.41. The van der Waals surface area contributed by atoms with Crippen LogP contribution in [0.5, 0.6) is 0 Å². The number of fused-ring (bicyclic) bond motifs is 1. The number of amides is 1. The van der Waals surface area contributed by atoms with Gasteiger partial charge in [0.25, 0.3) is 11.6 Å². The lowest BCUT2D eigenvalue weighted by atomic mass is 9.89. The SMILES string of the molecule is N#CC1=C(N)O[C@]23c4ccccc4C(=O)[C@]12SC(=NCc1ccccc1)N3NC(=O)c1ccccn1. The zero-order valence-electron chi connectivity index (χ0n) is 18.7. The highest BCUT2D eigenvalue weighted by Gasteiger charge is 2.80. The largest absolute Gasteiger partial charge is 0.444 e. The van der Waals surface area contributed by atoms with Crippen molar-refractivity contribution in [2.45, 2.75) is 17.0 Å². The summed E-state index contributed by atoms with van der Waals surface area (Å²) in [6, 6.07) is 23.5. The van der Waals surface area contributed by atoms with Gasteiger partial charge in [-0.2, -0.15) is 5.26 Å². The maximum atomic E-state index is 14.0. The number of Topliss-reactive ketones (excluding diaryl/α,β-unsaturated/α-hetero) is 1. The third-order valence-electron chi connectivity index (χ3n) is 6.40. The number of rotatable bonds is 4. The predicted molar refractivity (Wildman–Crippen MR) is 132 cm³/mol. The highest BCUT2D eigenvalue weighted by molar-refractivity contribution is 8.16. The van der Waals surface area contributed by atoms with E-state index >= 15 is 0 Å². The summed E-state index contributed by atoms with van der Waals surface area (Å²) >= 11 is 1.06. The molecule has 0 unspecified atom stereocenters. The summed E-state index contributed by atoms with van der Waals surface area (Å²) in [7, 11) is 0. The fourth-order valence-electron chi connectivity index (χ4n) is 4.87. The maximum absolute atomic E-state index is 14.0. The molecule has 3 aromatic rings. The number of carbonyl (C=O) groups is 2. The van der Waals surface area contributed by atoms with E-state index in [1.165, 1.54) is 11.2 Å². The molecular formula is C26H18N6O3S. The number of aromatic nitrogens is 1. The molecule has 10 heteroatoms. The van der Waals surface area contributed by atoms with Crippen molar-refractivity contribution in [3.8, 4) is 6.07 Å². The van der Waals surface area contributed by atoms with E-state index in [1.54, 1.807) is 42.5 Å². The van der Waals surface area contributed by atoms with E-state index in [2.05, 4.69) is 16.5 Å². The quantitative estimate of drug-likeness (QED) is 0.566. The average molecular weight is 495 g/mol. The van der Waals surface area contributed by atoms with Gasteiger partial charge in [0.05, 0.1) is 6.54 Å². The first-order valence-corrected chi connectivity index (χ1v) is 11.9. The normalized spacial score (nSPS) is 24.7. The number of carbonyl (C=O) groups excluding carboxylic acids is 2. The number of nitrogens with zero attached hydrogens (tertiary/aromatic N) is 4. The fourth-order valence-corrected chi connectivity index (χ4v) is 6.37. The monoisotopic (exact) mass is 494 g/mol. The van der Waals surface area contributed by atoms with Crippen LogP contribution in [0.4, 0.5) is 0 Å². The van der Waals surface area contributed by atoms with E-state index in [0.29, 0.717) is 16.3 Å². The van der Waals surface area contributed by atoms with Crippen LogP contribution >= 0.6 is 11.8 Å². The number of amidine groups is 1. The molecule has 36 heavy (non-hydrogen) atoms. The van der Waals surface area contributed by atoms with Crippen molar-refractivity contribution in [2.75, 3.05) is 0 Å². The van der Waals surface area contributed by atoms with Crippen LogP contribution in [-0.2, 0) is 17.0 Å². The summed E-state index contributed by atoms with van der Waals surface area (Å²) in [4.78, 5) is 36.1. The smallest absolute Gasteiger partial charge is 0.288 e. The molecular weight excluding hydrogens is 476 g/mol. The maximum Gasteiger partial charge on any atom is 0.288 e. The molecule has 1 amide bonds. The van der Waals surface area contributed by atoms with Crippen molar-refractivity contribution in [2.24, 2.45) is 10.7 Å². The molecule has 1 fully saturated rings. The van der Waals surface area contributed by atoms with Gasteiger partial charge in [0.1, 0.15) is 17.3 Å². The Bertz CT molecular complexity index is 1520. The van der Waals surface area contributed by atoms with Crippen LogP contribution in [-0.4, -0.2) is 31.6 Å². The summed E-state index contributed by atoms with van der Waals surface area (Å²) in [5.74, 6) is -1.02. The molecule has 2 aromatic carbocycles. The molecule has 0 saturated carbocycles. The van der Waals surface area contributed by atoms with Gasteiger partial charge >= 0.3 is 0 Å². The van der Waals surface area contributed by atoms with Gasteiger partial charge in [-0.15, -0.1) is 0 Å². The second-order valence-corrected chi connectivity index (χ2v) is 9.51. The van der Waals surface area contributed by atoms with Gasteiger partial charge in [0.2, 0.25) is 5.88 Å². The van der Waals surface area contributed by atoms with Crippen molar-refractivity contribution in [3.63, 3.8) is 0 Å². The standard InChI is InChI=1S/C26H18N6O3S/c27-14-19-22(28)35-26-18-11-5-4-10-17(18)21(33)25(19,26)36-24(30-15-16-8-2-1-3-9-16)32(26)31-23(34)20-12-6-7-13-29-20/h1-13H,15,28H2,(H,31,34)/t25-,26-/m1/s1. The molecule has 2 atom stereocenters. The summed E-state index contributed by atoms with van der Waals surface area (Å²) in [5, 5.41) is 11.8. The van der Waals surface area contributed by atoms with Gasteiger partial charge in [-0.05, 0) is 17.7 Å². The van der Waals surface area contributed by atoms with Gasteiger partial charge < -0.3 is 10.5 Å². The number of benzene rings is 2. The van der Waals surface area contributed by atoms with E-state index in [4.69, 9.17) is 15.5 Å². The molecule has 3 N–H and O–H groups in total. The number of aliphatic imine (C=N–C) groups is 1. The molecule has 1 aliphatic carbocycles. The van der Waals surface area contributed by atoms with E-state index in [-0.39, 0.29) is 29.5 Å². The Morgan fingerprint density at radius 1 is 1.14 bits per heavy atom. The van der Waals surface area contributed by atoms with Gasteiger partial charge in [-0.3, -0.25) is 25.0 Å². The Morgan fingerprint density at radius 3 is 2.64 bits per heavy atom. The second-order valence-electron chi connectivity index (χ2n) is 8.33. The second kappa shape index (κ2) is 7.96. The zero-order chi connectivity index (χ0) is 24.9. The molecule has 176 valence electrons. The van der Waals surface area contributed by atoms with Gasteiger partial charge in [0.15, 0.2) is 15.7 Å². The van der Waals surface area contributed by atoms with E-state index < -0.39 is 16.4 Å². The minimum atomic E-state index is -1.62. The van der Waals surface area contributed by atoms with E-state index in [0.717, 1.165) is 17.3 Å². The number of ketones is 1. The molecule has 0 bridgehead atoms. The highest BCUT2D eigenvalue weighted by Crippen LogP contribution is 2.67. The number of nitrogens with one attached hydrogen (secondary N) is 1. The third-order valence-corrected chi connectivity index (χ3v) is 7.87. The highest BCUT2D eigenvalue weighted by atomic mass is 32.2. The Morgan fingerprint density at radius 2 is 1.89 bits per heavy atom. The number of pyridine rings is 1. The molecule has 1 aromatic heterocycles. The van der Waals surface area contributed by atoms with E-state index in [1.807, 2.05) is 30.3 Å². The Balaban J connectivity index is 1.54. The van der Waals surface area contributed by atoms with Crippen molar-refractivity contribution in [1.82, 2.24) is 15.4 Å². The molecule has 9 nitrogen and oxygen atoms in total. The lowest BCUT2D eigenvalue weighted by Gasteiger charge is -2.38. The topological polar surface area (TPSA) is 134 Å². The van der Waals surface area contributed by atoms with Gasteiger partial charge in [-0.25, -0.2) is 5.01 Å². The van der Waals surface area contributed by atoms with Crippen LogP contribution in [0.1, 0.15) is 32.0 Å². The number of nitrogens with two attached hydrogens (primary N) is 1. The Hall–Kier alpha value is -4.62. The van der Waals surface area contributed by atoms with Crippen molar-refractivity contribution >= 4 is 28.6 Å². The Labute approximate surface area is 210 Å². The molecule has 1 saturated heterocycles. The lowest BCUT2D eigenvalue weighted by Crippen LogP contribution is -2.59. The van der Waals surface area contributed by atoms with Gasteiger partial charge in [-0.1, -0.05) is 72.4 Å². The van der Waals surface area contributed by atoms with Crippen LogP contribution in [0.2, 0.25) is 0 Å². The summed E-state index contributed by atoms with van der Waals surface area (Å²) < 4.78 is 4.66. The minimum Gasteiger partial charge on any atom is -0.444 e. The number of nitriles is 1. The van der Waals surface area contributed by atoms with Crippen molar-refractivity contribution in [1.29, 1.82) is 5.26 Å². The van der Waals surface area contributed by atoms with Crippen LogP contribution in [0.3, 0.4) is 0 Å². The summed E-state index contributed by atoms with van der Waals surface area (Å²) in [6.45, 7) is 0.280. The molecule has 0 radical (unpaired) electrons. The zero-order valence-corrected chi connectivity index (χ0v) is 19.5. The molecule has 3 aliphatic rings. The number of hydrogen-bond acceptors (Lipinski definition) is 8. The first-order chi connectivity index (χ1) is 17.5. The molecule has 3 heterocycles. The first-order valence-electron chi connectivity index (χ1n) is 11.1. The van der Waals surface area contributed by atoms with Crippen LogP contribution in [0.25, 0.3) is 0 Å². The number of thioether (sulfide) groups is 1. The molecule has 2 aliphatic heterocycles. The van der Waals surface area contributed by atoms with E-state index in [9.17, 15) is 14.9 Å².